The van der Waals surface area contributed by atoms with Gasteiger partial charge in [-0.2, -0.15) is 13.2 Å². The number of nitrogens with two attached hydrogens (primary N) is 3. The maximum atomic E-state index is 12.0. The number of carboxylic acids is 1. The zero-order chi connectivity index (χ0) is 20.2. The third kappa shape index (κ3) is 10.8. The maximum Gasteiger partial charge on any atom is 0.416 e. The van der Waals surface area contributed by atoms with Gasteiger partial charge < -0.3 is 22.3 Å². The molecule has 0 radical (unpaired) electrons. The van der Waals surface area contributed by atoms with Gasteiger partial charge in [0.25, 0.3) is 0 Å². The molecule has 0 aromatic heterocycles. The number of hydrogen-bond acceptors (Lipinski definition) is 5. The average Bonchev–Trinajstić information content (AvgIpc) is 2.62. The van der Waals surface area contributed by atoms with Crippen LogP contribution >= 0.6 is 0 Å². The molecule has 9 heteroatoms. The number of carboxylic acid groups (broad SMARTS) is 1. The van der Waals surface area contributed by atoms with E-state index < -0.39 is 23.8 Å². The second-order valence-electron chi connectivity index (χ2n) is 5.82. The smallest absolute Gasteiger partial charge is 0.416 e. The number of aldehydes is 1. The summed E-state index contributed by atoms with van der Waals surface area (Å²) in [5, 5.41) is 7.98. The minimum absolute atomic E-state index is 0.00463. The Bertz CT molecular complexity index is 548. The van der Waals surface area contributed by atoms with Crippen LogP contribution in [-0.4, -0.2) is 36.0 Å². The minimum atomic E-state index is -4.38. The number of halogens is 3. The SMILES string of the molecule is NC1CCCCC1.NCC(N)C(=O)O.O=Cc1cccc(C(F)(F)F)c1. The lowest BCUT2D eigenvalue weighted by Gasteiger charge is -2.15. The first-order valence-electron chi connectivity index (χ1n) is 8.18. The molecule has 7 N–H and O–H groups in total. The van der Waals surface area contributed by atoms with Gasteiger partial charge >= 0.3 is 12.1 Å². The highest BCUT2D eigenvalue weighted by molar-refractivity contribution is 5.75. The Hall–Kier alpha value is -1.97. The molecule has 26 heavy (non-hydrogen) atoms. The Kier molecular flexibility index (Phi) is 11.5. The predicted molar refractivity (Wildman–Crippen MR) is 92.6 cm³/mol. The van der Waals surface area contributed by atoms with E-state index in [0.29, 0.717) is 12.3 Å². The molecule has 6 nitrogen and oxygen atoms in total. The molecule has 0 bridgehead atoms. The molecule has 1 aliphatic rings. The van der Waals surface area contributed by atoms with Gasteiger partial charge in [0.1, 0.15) is 12.3 Å². The molecule has 1 saturated carbocycles. The lowest BCUT2D eigenvalue weighted by atomic mass is 9.97. The summed E-state index contributed by atoms with van der Waals surface area (Å²) < 4.78 is 36.0. The molecule has 1 aromatic carbocycles. The first-order chi connectivity index (χ1) is 12.1. The van der Waals surface area contributed by atoms with Crippen molar-refractivity contribution in [2.24, 2.45) is 17.2 Å². The van der Waals surface area contributed by atoms with Crippen LogP contribution in [0.25, 0.3) is 0 Å². The van der Waals surface area contributed by atoms with Gasteiger partial charge in [-0.25, -0.2) is 0 Å². The fourth-order valence-electron chi connectivity index (χ4n) is 2.02. The van der Waals surface area contributed by atoms with Crippen molar-refractivity contribution < 1.29 is 27.9 Å². The van der Waals surface area contributed by atoms with Crippen molar-refractivity contribution >= 4 is 12.3 Å². The number of benzene rings is 1. The molecule has 1 unspecified atom stereocenters. The average molecular weight is 377 g/mol. The third-order valence-electron chi connectivity index (χ3n) is 3.57. The van der Waals surface area contributed by atoms with Crippen LogP contribution in [0.5, 0.6) is 0 Å². The summed E-state index contributed by atoms with van der Waals surface area (Å²) in [6, 6.07) is 3.89. The number of carbonyl (C=O) groups is 2. The van der Waals surface area contributed by atoms with Crippen LogP contribution in [0.1, 0.15) is 48.0 Å². The van der Waals surface area contributed by atoms with E-state index in [4.69, 9.17) is 22.3 Å². The van der Waals surface area contributed by atoms with Crippen LogP contribution in [0.2, 0.25) is 0 Å². The Morgan fingerprint density at radius 2 is 1.85 bits per heavy atom. The second kappa shape index (κ2) is 12.4. The normalized spacial score (nSPS) is 15.6. The Morgan fingerprint density at radius 3 is 2.15 bits per heavy atom. The Morgan fingerprint density at radius 1 is 1.27 bits per heavy atom. The molecule has 0 aliphatic heterocycles. The zero-order valence-corrected chi connectivity index (χ0v) is 14.4. The van der Waals surface area contributed by atoms with Crippen LogP contribution in [-0.2, 0) is 11.0 Å². The van der Waals surface area contributed by atoms with E-state index in [9.17, 15) is 22.8 Å². The van der Waals surface area contributed by atoms with Gasteiger partial charge in [-0.1, -0.05) is 31.4 Å². The lowest BCUT2D eigenvalue weighted by Crippen LogP contribution is -2.37. The summed E-state index contributed by atoms with van der Waals surface area (Å²) in [6.07, 6.45) is 2.67. The summed E-state index contributed by atoms with van der Waals surface area (Å²) in [5.74, 6) is -1.05. The highest BCUT2D eigenvalue weighted by Gasteiger charge is 2.30. The van der Waals surface area contributed by atoms with Gasteiger partial charge in [-0.3, -0.25) is 9.59 Å². The number of rotatable bonds is 3. The first kappa shape index (κ1) is 24.0. The van der Waals surface area contributed by atoms with Crippen molar-refractivity contribution in [2.75, 3.05) is 6.54 Å². The van der Waals surface area contributed by atoms with Gasteiger partial charge in [0, 0.05) is 18.2 Å². The molecule has 1 aliphatic carbocycles. The van der Waals surface area contributed by atoms with E-state index in [2.05, 4.69) is 0 Å². The van der Waals surface area contributed by atoms with Crippen LogP contribution < -0.4 is 17.2 Å². The molecule has 0 heterocycles. The molecule has 148 valence electrons. The molecule has 2 rings (SSSR count). The van der Waals surface area contributed by atoms with E-state index >= 15 is 0 Å². The van der Waals surface area contributed by atoms with Crippen LogP contribution in [0.3, 0.4) is 0 Å². The predicted octanol–water partition coefficient (Wildman–Crippen LogP) is 2.15. The first-order valence-corrected chi connectivity index (χ1v) is 8.18. The van der Waals surface area contributed by atoms with Gasteiger partial charge in [0.2, 0.25) is 0 Å². The van der Waals surface area contributed by atoms with Gasteiger partial charge in [-0.15, -0.1) is 0 Å². The number of aliphatic carboxylic acids is 1. The lowest BCUT2D eigenvalue weighted by molar-refractivity contribution is -0.138. The molecule has 1 atom stereocenters. The summed E-state index contributed by atoms with van der Waals surface area (Å²) >= 11 is 0. The Balaban J connectivity index is 0.000000385. The van der Waals surface area contributed by atoms with Crippen molar-refractivity contribution in [1.82, 2.24) is 0 Å². The number of alkyl halides is 3. The minimum Gasteiger partial charge on any atom is -0.480 e. The third-order valence-corrected chi connectivity index (χ3v) is 3.57. The van der Waals surface area contributed by atoms with Crippen LogP contribution in [0.4, 0.5) is 13.2 Å². The van der Waals surface area contributed by atoms with E-state index in [0.717, 1.165) is 12.1 Å². The molecule has 0 saturated heterocycles. The van der Waals surface area contributed by atoms with Gasteiger partial charge in [0.05, 0.1) is 5.56 Å². The maximum absolute atomic E-state index is 12.0. The highest BCUT2D eigenvalue weighted by atomic mass is 19.4. The van der Waals surface area contributed by atoms with Gasteiger partial charge in [-0.05, 0) is 25.0 Å². The van der Waals surface area contributed by atoms with E-state index in [1.807, 2.05) is 0 Å². The monoisotopic (exact) mass is 377 g/mol. The molecule has 0 amide bonds. The summed E-state index contributed by atoms with van der Waals surface area (Å²) in [4.78, 5) is 19.8. The Labute approximate surface area is 150 Å². The van der Waals surface area contributed by atoms with Crippen molar-refractivity contribution in [3.8, 4) is 0 Å². The standard InChI is InChI=1S/C8H5F3O.C6H13N.C3H8N2O2/c9-8(10,11)7-3-1-2-6(4-7)5-12;7-6-4-2-1-3-5-6;4-1-2(5)3(6)7/h1-5H;6H,1-5,7H2;2H,1,4-5H2,(H,6,7). The quantitative estimate of drug-likeness (QED) is 0.597. The molecule has 1 aromatic rings. The summed E-state index contributed by atoms with van der Waals surface area (Å²) in [5.41, 5.74) is 14.6. The topological polar surface area (TPSA) is 132 Å². The fourth-order valence-corrected chi connectivity index (χ4v) is 2.02. The number of carbonyl (C=O) groups excluding carboxylic acids is 1. The van der Waals surface area contributed by atoms with E-state index in [1.54, 1.807) is 0 Å². The summed E-state index contributed by atoms with van der Waals surface area (Å²) in [7, 11) is 0. The fraction of sp³-hybridized carbons (Fsp3) is 0.529. The van der Waals surface area contributed by atoms with E-state index in [-0.39, 0.29) is 12.1 Å². The highest BCUT2D eigenvalue weighted by Crippen LogP contribution is 2.29. The van der Waals surface area contributed by atoms with Crippen LogP contribution in [0, 0.1) is 0 Å². The van der Waals surface area contributed by atoms with E-state index in [1.165, 1.54) is 44.2 Å². The molecule has 1 fully saturated rings. The molecule has 0 spiro atoms. The van der Waals surface area contributed by atoms with Crippen molar-refractivity contribution in [3.05, 3.63) is 35.4 Å². The summed E-state index contributed by atoms with van der Waals surface area (Å²) in [6.45, 7) is -0.00463. The van der Waals surface area contributed by atoms with Crippen LogP contribution in [0.15, 0.2) is 24.3 Å². The second-order valence-corrected chi connectivity index (χ2v) is 5.82. The zero-order valence-electron chi connectivity index (χ0n) is 14.4. The molecular formula is C17H26F3N3O3. The van der Waals surface area contributed by atoms with Crippen molar-refractivity contribution in [3.63, 3.8) is 0 Å². The number of hydrogen-bond donors (Lipinski definition) is 4. The van der Waals surface area contributed by atoms with Crippen molar-refractivity contribution in [2.45, 2.75) is 50.4 Å². The van der Waals surface area contributed by atoms with Crippen molar-refractivity contribution in [1.29, 1.82) is 0 Å². The molecular weight excluding hydrogens is 351 g/mol. The van der Waals surface area contributed by atoms with Gasteiger partial charge in [0.15, 0.2) is 0 Å². The largest absolute Gasteiger partial charge is 0.480 e.